The fourth-order valence-corrected chi connectivity index (χ4v) is 1.42. The zero-order valence-electron chi connectivity index (χ0n) is 9.11. The minimum absolute atomic E-state index is 0.247. The summed E-state index contributed by atoms with van der Waals surface area (Å²) in [5.41, 5.74) is -0.310. The summed E-state index contributed by atoms with van der Waals surface area (Å²) in [5, 5.41) is 14.1. The SMILES string of the molecule is [O-][n+]1ccccc1Nc1ccc(C(F)(F)F)cc1. The van der Waals surface area contributed by atoms with Crippen LogP contribution in [0.1, 0.15) is 5.56 Å². The predicted octanol–water partition coefficient (Wildman–Crippen LogP) is 3.08. The largest absolute Gasteiger partial charge is 0.711 e. The van der Waals surface area contributed by atoms with Gasteiger partial charge in [0.15, 0.2) is 0 Å². The normalized spacial score (nSPS) is 11.3. The average Bonchev–Trinajstić information content (AvgIpc) is 2.32. The van der Waals surface area contributed by atoms with Crippen molar-refractivity contribution >= 4 is 11.5 Å². The van der Waals surface area contributed by atoms with Gasteiger partial charge in [-0.3, -0.25) is 0 Å². The Morgan fingerprint density at radius 2 is 1.67 bits per heavy atom. The lowest BCUT2D eigenvalue weighted by molar-refractivity contribution is -0.590. The monoisotopic (exact) mass is 254 g/mol. The number of anilines is 2. The summed E-state index contributed by atoms with van der Waals surface area (Å²) >= 11 is 0. The quantitative estimate of drug-likeness (QED) is 0.660. The van der Waals surface area contributed by atoms with E-state index >= 15 is 0 Å². The van der Waals surface area contributed by atoms with E-state index < -0.39 is 11.7 Å². The van der Waals surface area contributed by atoms with E-state index in [-0.39, 0.29) is 5.82 Å². The van der Waals surface area contributed by atoms with Crippen LogP contribution in [-0.2, 0) is 6.18 Å². The van der Waals surface area contributed by atoms with Crippen LogP contribution in [0.2, 0.25) is 0 Å². The van der Waals surface area contributed by atoms with Gasteiger partial charge in [-0.1, -0.05) is 6.07 Å². The molecule has 0 atom stereocenters. The molecule has 0 saturated heterocycles. The number of halogens is 3. The number of benzene rings is 1. The van der Waals surface area contributed by atoms with Crippen LogP contribution >= 0.6 is 0 Å². The summed E-state index contributed by atoms with van der Waals surface area (Å²) in [5.74, 6) is 0.247. The second kappa shape index (κ2) is 4.56. The van der Waals surface area contributed by atoms with Crippen LogP contribution in [0.25, 0.3) is 0 Å². The van der Waals surface area contributed by atoms with Gasteiger partial charge in [0.1, 0.15) is 5.69 Å². The standard InChI is InChI=1S/C12H9F3N2O/c13-12(14,15)9-4-6-10(7-5-9)16-11-3-1-2-8-17(11)18/h1-8,16H. The molecule has 3 nitrogen and oxygen atoms in total. The second-order valence-electron chi connectivity index (χ2n) is 3.61. The maximum atomic E-state index is 12.3. The van der Waals surface area contributed by atoms with E-state index in [2.05, 4.69) is 5.32 Å². The molecule has 1 aromatic heterocycles. The van der Waals surface area contributed by atoms with E-state index in [4.69, 9.17) is 0 Å². The summed E-state index contributed by atoms with van der Waals surface area (Å²) in [6, 6.07) is 9.21. The molecule has 1 aromatic carbocycles. The molecular formula is C12H9F3N2O. The third-order valence-electron chi connectivity index (χ3n) is 2.31. The van der Waals surface area contributed by atoms with Crippen LogP contribution in [0.15, 0.2) is 48.7 Å². The first-order valence-corrected chi connectivity index (χ1v) is 5.09. The van der Waals surface area contributed by atoms with Crippen LogP contribution in [0, 0.1) is 5.21 Å². The maximum absolute atomic E-state index is 12.3. The zero-order valence-corrected chi connectivity index (χ0v) is 9.11. The molecule has 6 heteroatoms. The molecule has 0 amide bonds. The highest BCUT2D eigenvalue weighted by Crippen LogP contribution is 2.30. The van der Waals surface area contributed by atoms with Gasteiger partial charge < -0.3 is 5.21 Å². The summed E-state index contributed by atoms with van der Waals surface area (Å²) in [4.78, 5) is 0. The third kappa shape index (κ3) is 2.71. The zero-order chi connectivity index (χ0) is 13.2. The van der Waals surface area contributed by atoms with Crippen molar-refractivity contribution in [3.8, 4) is 0 Å². The van der Waals surface area contributed by atoms with Gasteiger partial charge in [0.05, 0.1) is 11.8 Å². The van der Waals surface area contributed by atoms with Gasteiger partial charge >= 0.3 is 6.18 Å². The fraction of sp³-hybridized carbons (Fsp3) is 0.0833. The predicted molar refractivity (Wildman–Crippen MR) is 60.1 cm³/mol. The smallest absolute Gasteiger partial charge is 0.416 e. The van der Waals surface area contributed by atoms with Crippen molar-refractivity contribution < 1.29 is 17.9 Å². The van der Waals surface area contributed by atoms with E-state index in [1.54, 1.807) is 12.1 Å². The fourth-order valence-electron chi connectivity index (χ4n) is 1.42. The maximum Gasteiger partial charge on any atom is 0.416 e. The lowest BCUT2D eigenvalue weighted by Crippen LogP contribution is -2.28. The van der Waals surface area contributed by atoms with E-state index in [1.165, 1.54) is 24.4 Å². The molecule has 1 N–H and O–H groups in total. The number of aromatic nitrogens is 1. The highest BCUT2D eigenvalue weighted by molar-refractivity contribution is 5.54. The van der Waals surface area contributed by atoms with Crippen molar-refractivity contribution in [3.63, 3.8) is 0 Å². The van der Waals surface area contributed by atoms with Crippen LogP contribution in [-0.4, -0.2) is 0 Å². The Morgan fingerprint density at radius 1 is 1.00 bits per heavy atom. The minimum atomic E-state index is -4.36. The number of pyridine rings is 1. The summed E-state index contributed by atoms with van der Waals surface area (Å²) in [6.07, 6.45) is -3.06. The summed E-state index contributed by atoms with van der Waals surface area (Å²) in [7, 11) is 0. The van der Waals surface area contributed by atoms with Gasteiger partial charge in [-0.15, -0.1) is 0 Å². The van der Waals surface area contributed by atoms with Gasteiger partial charge in [-0.05, 0) is 30.3 Å². The van der Waals surface area contributed by atoms with Crippen LogP contribution in [0.3, 0.4) is 0 Å². The Hall–Kier alpha value is -2.24. The Bertz CT molecular complexity index is 538. The number of hydrogen-bond donors (Lipinski definition) is 1. The van der Waals surface area contributed by atoms with Crippen LogP contribution in [0.4, 0.5) is 24.7 Å². The van der Waals surface area contributed by atoms with Gasteiger partial charge in [0, 0.05) is 6.07 Å². The Kier molecular flexibility index (Phi) is 3.10. The van der Waals surface area contributed by atoms with Gasteiger partial charge in [-0.2, -0.15) is 13.2 Å². The summed E-state index contributed by atoms with van der Waals surface area (Å²) < 4.78 is 37.6. The second-order valence-corrected chi connectivity index (χ2v) is 3.61. The molecule has 0 bridgehead atoms. The molecule has 0 spiro atoms. The number of hydrogen-bond acceptors (Lipinski definition) is 2. The molecular weight excluding hydrogens is 245 g/mol. The van der Waals surface area contributed by atoms with E-state index in [1.807, 2.05) is 0 Å². The molecule has 0 aliphatic rings. The van der Waals surface area contributed by atoms with Gasteiger partial charge in [-0.25, -0.2) is 10.0 Å². The topological polar surface area (TPSA) is 39.0 Å². The number of nitrogens with zero attached hydrogens (tertiary/aromatic N) is 1. The Balaban J connectivity index is 2.19. The molecule has 2 rings (SSSR count). The van der Waals surface area contributed by atoms with Crippen molar-refractivity contribution in [3.05, 3.63) is 59.4 Å². The number of rotatable bonds is 2. The van der Waals surface area contributed by atoms with Crippen molar-refractivity contribution in [2.24, 2.45) is 0 Å². The molecule has 0 aliphatic carbocycles. The molecule has 94 valence electrons. The van der Waals surface area contributed by atoms with Crippen LogP contribution in [0.5, 0.6) is 0 Å². The lowest BCUT2D eigenvalue weighted by Gasteiger charge is -2.09. The van der Waals surface area contributed by atoms with E-state index in [0.717, 1.165) is 12.1 Å². The van der Waals surface area contributed by atoms with Gasteiger partial charge in [0.25, 0.3) is 5.82 Å². The first-order chi connectivity index (χ1) is 8.47. The lowest BCUT2D eigenvalue weighted by atomic mass is 10.2. The minimum Gasteiger partial charge on any atom is -0.711 e. The summed E-state index contributed by atoms with van der Waals surface area (Å²) in [6.45, 7) is 0. The molecule has 0 fully saturated rings. The third-order valence-corrected chi connectivity index (χ3v) is 2.31. The molecule has 0 radical (unpaired) electrons. The first-order valence-electron chi connectivity index (χ1n) is 5.09. The molecule has 0 aliphatic heterocycles. The average molecular weight is 254 g/mol. The van der Waals surface area contributed by atoms with E-state index in [9.17, 15) is 18.4 Å². The molecule has 1 heterocycles. The Morgan fingerprint density at radius 3 is 2.22 bits per heavy atom. The van der Waals surface area contributed by atoms with Gasteiger partial charge in [0.2, 0.25) is 0 Å². The van der Waals surface area contributed by atoms with Crippen molar-refractivity contribution in [1.29, 1.82) is 0 Å². The van der Waals surface area contributed by atoms with Crippen molar-refractivity contribution in [2.45, 2.75) is 6.18 Å². The highest BCUT2D eigenvalue weighted by atomic mass is 19.4. The Labute approximate surface area is 101 Å². The van der Waals surface area contributed by atoms with Crippen molar-refractivity contribution in [2.75, 3.05) is 5.32 Å². The van der Waals surface area contributed by atoms with Crippen LogP contribution < -0.4 is 10.0 Å². The first kappa shape index (κ1) is 12.2. The number of alkyl halides is 3. The number of nitrogens with one attached hydrogen (secondary N) is 1. The van der Waals surface area contributed by atoms with E-state index in [0.29, 0.717) is 10.4 Å². The van der Waals surface area contributed by atoms with Crippen molar-refractivity contribution in [1.82, 2.24) is 0 Å². The molecule has 0 saturated carbocycles. The molecule has 2 aromatic rings. The molecule has 0 unspecified atom stereocenters. The molecule has 18 heavy (non-hydrogen) atoms. The highest BCUT2D eigenvalue weighted by Gasteiger charge is 2.30.